The lowest BCUT2D eigenvalue weighted by Crippen LogP contribution is -2.57. The summed E-state index contributed by atoms with van der Waals surface area (Å²) in [5.41, 5.74) is -2.29. The third kappa shape index (κ3) is 2.09. The minimum Gasteiger partial charge on any atom is -0.480 e. The van der Waals surface area contributed by atoms with Gasteiger partial charge in [-0.05, 0) is 18.6 Å². The van der Waals surface area contributed by atoms with Crippen molar-refractivity contribution in [1.29, 1.82) is 0 Å². The van der Waals surface area contributed by atoms with Crippen molar-refractivity contribution in [2.75, 3.05) is 27.7 Å². The number of carboxylic acid groups (broad SMARTS) is 1. The molecule has 0 saturated carbocycles. The number of nitrogens with zero attached hydrogens (tertiary/aromatic N) is 1. The van der Waals surface area contributed by atoms with Crippen molar-refractivity contribution in [3.63, 3.8) is 0 Å². The molecule has 1 rings (SSSR count). The third-order valence-electron chi connectivity index (χ3n) is 3.01. The van der Waals surface area contributed by atoms with E-state index >= 15 is 0 Å². The van der Waals surface area contributed by atoms with Crippen molar-refractivity contribution in [3.05, 3.63) is 11.6 Å². The number of likely N-dealkylation sites (N-methyl/N-ethyl adjacent to an activating group) is 1. The number of carbonyl (C=O) groups is 3. The molecular weight excluding hydrogens is 238 g/mol. The molecule has 6 nitrogen and oxygen atoms in total. The first-order valence-corrected chi connectivity index (χ1v) is 5.53. The molecule has 2 N–H and O–H groups in total. The Hall–Kier alpha value is -1.53. The second kappa shape index (κ2) is 4.29. The van der Waals surface area contributed by atoms with E-state index in [1.807, 2.05) is 0 Å². The number of allylic oxidation sites excluding steroid dienone is 2. The molecule has 0 radical (unpaired) electrons. The lowest BCUT2D eigenvalue weighted by molar-refractivity contribution is -0.874. The largest absolute Gasteiger partial charge is 0.480 e. The van der Waals surface area contributed by atoms with Crippen molar-refractivity contribution in [2.24, 2.45) is 5.41 Å². The smallest absolute Gasteiger partial charge is 0.328 e. The Morgan fingerprint density at radius 1 is 1.39 bits per heavy atom. The maximum Gasteiger partial charge on any atom is 0.328 e. The van der Waals surface area contributed by atoms with E-state index in [0.29, 0.717) is 0 Å². The van der Waals surface area contributed by atoms with Gasteiger partial charge in [-0.15, -0.1) is 0 Å². The van der Waals surface area contributed by atoms with E-state index in [2.05, 4.69) is 0 Å². The number of aliphatic hydroxyl groups excluding tert-OH is 1. The number of quaternary nitrogens is 1. The van der Waals surface area contributed by atoms with Gasteiger partial charge in [0.1, 0.15) is 12.6 Å². The number of carboxylic acids is 1. The molecule has 100 valence electrons. The summed E-state index contributed by atoms with van der Waals surface area (Å²) in [5, 5.41) is 19.3. The summed E-state index contributed by atoms with van der Waals surface area (Å²) in [4.78, 5) is 35.2. The third-order valence-corrected chi connectivity index (χ3v) is 3.01. The van der Waals surface area contributed by atoms with Gasteiger partial charge in [0.2, 0.25) is 5.41 Å². The van der Waals surface area contributed by atoms with Gasteiger partial charge in [0.05, 0.1) is 21.1 Å². The number of ketones is 2. The van der Waals surface area contributed by atoms with Gasteiger partial charge in [0.15, 0.2) is 11.6 Å². The highest BCUT2D eigenvalue weighted by Gasteiger charge is 2.61. The van der Waals surface area contributed by atoms with Crippen molar-refractivity contribution >= 4 is 17.5 Å². The number of hydrogen-bond donors (Lipinski definition) is 2. The fourth-order valence-electron chi connectivity index (χ4n) is 2.12. The number of Topliss-reactive ketones (excluding diaryl/α,β-unsaturated/α-hetero) is 1. The molecule has 1 aliphatic carbocycles. The summed E-state index contributed by atoms with van der Waals surface area (Å²) in [6.45, 7) is 1.37. The van der Waals surface area contributed by atoms with Crippen LogP contribution in [0.15, 0.2) is 11.6 Å². The molecule has 6 heteroatoms. The van der Waals surface area contributed by atoms with E-state index in [-0.39, 0.29) is 16.6 Å². The van der Waals surface area contributed by atoms with Crippen LogP contribution < -0.4 is 0 Å². The molecule has 0 heterocycles. The van der Waals surface area contributed by atoms with Crippen LogP contribution in [0.25, 0.3) is 0 Å². The highest BCUT2D eigenvalue weighted by molar-refractivity contribution is 6.35. The van der Waals surface area contributed by atoms with Crippen LogP contribution in [-0.4, -0.2) is 66.0 Å². The zero-order valence-electron chi connectivity index (χ0n) is 10.9. The van der Waals surface area contributed by atoms with Crippen LogP contribution in [0.4, 0.5) is 0 Å². The molecule has 0 aliphatic heterocycles. The van der Waals surface area contributed by atoms with Gasteiger partial charge in [-0.3, -0.25) is 14.4 Å². The molecule has 0 amide bonds. The summed E-state index contributed by atoms with van der Waals surface area (Å²) >= 11 is 0. The Morgan fingerprint density at radius 2 is 1.89 bits per heavy atom. The Labute approximate surface area is 105 Å². The van der Waals surface area contributed by atoms with Crippen LogP contribution in [0, 0.1) is 5.41 Å². The normalized spacial score (nSPS) is 26.2. The fourth-order valence-corrected chi connectivity index (χ4v) is 2.12. The quantitative estimate of drug-likeness (QED) is 0.508. The predicted octanol–water partition coefficient (Wildman–Crippen LogP) is -0.777. The van der Waals surface area contributed by atoms with Crippen LogP contribution in [0.1, 0.15) is 6.92 Å². The minimum absolute atomic E-state index is 0.00903. The Bertz CT molecular complexity index is 446. The van der Waals surface area contributed by atoms with E-state index in [9.17, 15) is 24.6 Å². The first-order chi connectivity index (χ1) is 8.03. The Kier molecular flexibility index (Phi) is 3.47. The van der Waals surface area contributed by atoms with Crippen LogP contribution >= 0.6 is 0 Å². The average Bonchev–Trinajstić information content (AvgIpc) is 2.35. The predicted molar refractivity (Wildman–Crippen MR) is 62.7 cm³/mol. The topological polar surface area (TPSA) is 91.7 Å². The number of hydrogen-bond acceptors (Lipinski definition) is 4. The van der Waals surface area contributed by atoms with Gasteiger partial charge < -0.3 is 14.7 Å². The van der Waals surface area contributed by atoms with Crippen molar-refractivity contribution in [1.82, 2.24) is 0 Å². The van der Waals surface area contributed by atoms with Gasteiger partial charge in [0, 0.05) is 0 Å². The van der Waals surface area contributed by atoms with Gasteiger partial charge in [-0.2, -0.15) is 0 Å². The van der Waals surface area contributed by atoms with E-state index in [1.165, 1.54) is 6.92 Å². The summed E-state index contributed by atoms with van der Waals surface area (Å²) in [5.74, 6) is -3.26. The van der Waals surface area contributed by atoms with Crippen molar-refractivity contribution < 1.29 is 29.1 Å². The molecule has 0 aromatic rings. The molecule has 2 unspecified atom stereocenters. The highest BCUT2D eigenvalue weighted by atomic mass is 16.4. The number of carbonyl (C=O) groups excluding carboxylic acids is 2. The van der Waals surface area contributed by atoms with Crippen molar-refractivity contribution in [3.8, 4) is 0 Å². The molecule has 2 atom stereocenters. The minimum atomic E-state index is -2.37. The zero-order valence-corrected chi connectivity index (χ0v) is 10.9. The van der Waals surface area contributed by atoms with Crippen LogP contribution in [0.2, 0.25) is 0 Å². The molecule has 0 aromatic heterocycles. The molecular formula is C12H18NO5+. The summed E-state index contributed by atoms with van der Waals surface area (Å²) in [7, 11) is 5.22. The average molecular weight is 256 g/mol. The molecule has 0 saturated heterocycles. The van der Waals surface area contributed by atoms with Gasteiger partial charge in [-0.1, -0.05) is 0 Å². The summed E-state index contributed by atoms with van der Waals surface area (Å²) < 4.78 is 0.246. The standard InChI is InChI=1S/C12H17NO5/c1-7-5-8(14)12(10(7)16,11(17)18)9(15)6-13(2,3)4/h5,9,15H,6H2,1-4H3/p+1. The first-order valence-electron chi connectivity index (χ1n) is 5.53. The van der Waals surface area contributed by atoms with Gasteiger partial charge in [-0.25, -0.2) is 0 Å². The van der Waals surface area contributed by atoms with E-state index in [0.717, 1.165) is 6.08 Å². The lowest BCUT2D eigenvalue weighted by atomic mass is 9.76. The van der Waals surface area contributed by atoms with E-state index < -0.39 is 29.1 Å². The maximum absolute atomic E-state index is 12.0. The van der Waals surface area contributed by atoms with Gasteiger partial charge in [0.25, 0.3) is 0 Å². The fraction of sp³-hybridized carbons (Fsp3) is 0.583. The highest BCUT2D eigenvalue weighted by Crippen LogP contribution is 2.35. The molecule has 0 fully saturated rings. The first kappa shape index (κ1) is 14.5. The zero-order chi connectivity index (χ0) is 14.3. The Morgan fingerprint density at radius 3 is 2.17 bits per heavy atom. The second-order valence-electron chi connectivity index (χ2n) is 5.62. The monoisotopic (exact) mass is 256 g/mol. The summed E-state index contributed by atoms with van der Waals surface area (Å²) in [6.07, 6.45) is -0.557. The summed E-state index contributed by atoms with van der Waals surface area (Å²) in [6, 6.07) is 0. The second-order valence-corrected chi connectivity index (χ2v) is 5.62. The molecule has 0 bridgehead atoms. The van der Waals surface area contributed by atoms with Crippen LogP contribution in [-0.2, 0) is 14.4 Å². The van der Waals surface area contributed by atoms with E-state index in [1.54, 1.807) is 21.1 Å². The number of aliphatic carboxylic acids is 1. The molecule has 1 aliphatic rings. The molecule has 0 spiro atoms. The lowest BCUT2D eigenvalue weighted by Gasteiger charge is -2.33. The Balaban J connectivity index is 3.24. The maximum atomic E-state index is 12.0. The molecule has 18 heavy (non-hydrogen) atoms. The number of rotatable bonds is 4. The van der Waals surface area contributed by atoms with Crippen molar-refractivity contribution in [2.45, 2.75) is 13.0 Å². The van der Waals surface area contributed by atoms with Crippen LogP contribution in [0.5, 0.6) is 0 Å². The van der Waals surface area contributed by atoms with E-state index in [4.69, 9.17) is 0 Å². The van der Waals surface area contributed by atoms with Crippen LogP contribution in [0.3, 0.4) is 0 Å². The SMILES string of the molecule is CC1=CC(=O)C(C(=O)O)(C(O)C[N+](C)(C)C)C1=O. The molecule has 0 aromatic carbocycles. The number of aliphatic hydroxyl groups is 1. The van der Waals surface area contributed by atoms with Gasteiger partial charge >= 0.3 is 5.97 Å².